The Kier molecular flexibility index (Phi) is 3.46. The predicted molar refractivity (Wildman–Crippen MR) is 52.1 cm³/mol. The van der Waals surface area contributed by atoms with Crippen LogP contribution in [0.2, 0.25) is 0 Å². The summed E-state index contributed by atoms with van der Waals surface area (Å²) in [4.78, 5) is 10.6. The quantitative estimate of drug-likeness (QED) is 0.720. The summed E-state index contributed by atoms with van der Waals surface area (Å²) in [5.74, 6) is -0.0496. The minimum Gasteiger partial charge on any atom is -0.354 e. The van der Waals surface area contributed by atoms with Crippen molar-refractivity contribution < 1.29 is 4.79 Å². The van der Waals surface area contributed by atoms with Crippen LogP contribution < -0.4 is 11.1 Å². The van der Waals surface area contributed by atoms with Crippen LogP contribution in [0.15, 0.2) is 30.3 Å². The third kappa shape index (κ3) is 3.25. The maximum Gasteiger partial charge on any atom is 0.216 e. The first kappa shape index (κ1) is 9.74. The lowest BCUT2D eigenvalue weighted by molar-refractivity contribution is -0.119. The van der Waals surface area contributed by atoms with Crippen molar-refractivity contribution in [1.29, 1.82) is 0 Å². The van der Waals surface area contributed by atoms with Crippen LogP contribution in [0, 0.1) is 0 Å². The van der Waals surface area contributed by atoms with Crippen LogP contribution in [0.4, 0.5) is 0 Å². The number of benzene rings is 1. The van der Waals surface area contributed by atoms with Crippen molar-refractivity contribution in [3.05, 3.63) is 35.9 Å². The molecule has 0 saturated heterocycles. The second-order valence-electron chi connectivity index (χ2n) is 2.95. The Labute approximate surface area is 77.9 Å². The Hall–Kier alpha value is -1.35. The van der Waals surface area contributed by atoms with E-state index >= 15 is 0 Å². The molecule has 0 aromatic heterocycles. The molecule has 1 rings (SSSR count). The summed E-state index contributed by atoms with van der Waals surface area (Å²) in [5.41, 5.74) is 6.87. The van der Waals surface area contributed by atoms with E-state index in [2.05, 4.69) is 5.32 Å². The normalized spacial score (nSPS) is 12.2. The number of amides is 1. The molecule has 0 bridgehead atoms. The summed E-state index contributed by atoms with van der Waals surface area (Å²) >= 11 is 0. The minimum atomic E-state index is -0.120. The molecule has 0 radical (unpaired) electrons. The monoisotopic (exact) mass is 178 g/mol. The van der Waals surface area contributed by atoms with Gasteiger partial charge in [-0.3, -0.25) is 4.79 Å². The van der Waals surface area contributed by atoms with E-state index in [4.69, 9.17) is 5.73 Å². The van der Waals surface area contributed by atoms with Gasteiger partial charge in [0.2, 0.25) is 5.91 Å². The summed E-state index contributed by atoms with van der Waals surface area (Å²) in [6.45, 7) is 1.97. The van der Waals surface area contributed by atoms with Gasteiger partial charge >= 0.3 is 0 Å². The van der Waals surface area contributed by atoms with Gasteiger partial charge in [-0.25, -0.2) is 0 Å². The van der Waals surface area contributed by atoms with Crippen molar-refractivity contribution in [2.45, 2.75) is 13.0 Å². The zero-order chi connectivity index (χ0) is 9.68. The van der Waals surface area contributed by atoms with Crippen LogP contribution in [-0.4, -0.2) is 12.5 Å². The number of rotatable bonds is 3. The third-order valence-corrected chi connectivity index (χ3v) is 1.80. The highest BCUT2D eigenvalue weighted by Gasteiger charge is 2.04. The van der Waals surface area contributed by atoms with E-state index in [-0.39, 0.29) is 11.9 Å². The lowest BCUT2D eigenvalue weighted by atomic mass is 10.1. The molecule has 0 spiro atoms. The van der Waals surface area contributed by atoms with Crippen molar-refractivity contribution in [3.63, 3.8) is 0 Å². The number of nitrogens with two attached hydrogens (primary N) is 1. The number of nitrogens with one attached hydrogen (secondary N) is 1. The molecule has 0 fully saturated rings. The van der Waals surface area contributed by atoms with Gasteiger partial charge in [0.15, 0.2) is 0 Å². The average Bonchev–Trinajstić information content (AvgIpc) is 2.15. The zero-order valence-corrected chi connectivity index (χ0v) is 7.66. The van der Waals surface area contributed by atoms with E-state index in [1.165, 1.54) is 6.92 Å². The Morgan fingerprint density at radius 1 is 1.46 bits per heavy atom. The van der Waals surface area contributed by atoms with E-state index in [0.29, 0.717) is 6.54 Å². The van der Waals surface area contributed by atoms with Crippen LogP contribution in [0.1, 0.15) is 18.5 Å². The van der Waals surface area contributed by atoms with Gasteiger partial charge in [0, 0.05) is 19.5 Å². The maximum absolute atomic E-state index is 10.6. The van der Waals surface area contributed by atoms with E-state index in [1.54, 1.807) is 0 Å². The summed E-state index contributed by atoms with van der Waals surface area (Å²) < 4.78 is 0. The molecule has 1 aromatic carbocycles. The summed E-state index contributed by atoms with van der Waals surface area (Å²) in [7, 11) is 0. The molecule has 0 aliphatic heterocycles. The first-order valence-electron chi connectivity index (χ1n) is 4.25. The third-order valence-electron chi connectivity index (χ3n) is 1.80. The van der Waals surface area contributed by atoms with Crippen LogP contribution in [-0.2, 0) is 4.79 Å². The Bertz CT molecular complexity index is 272. The van der Waals surface area contributed by atoms with Crippen molar-refractivity contribution in [2.24, 2.45) is 5.73 Å². The van der Waals surface area contributed by atoms with E-state index in [1.807, 2.05) is 30.3 Å². The van der Waals surface area contributed by atoms with Gasteiger partial charge in [-0.1, -0.05) is 30.3 Å². The molecule has 1 amide bonds. The van der Waals surface area contributed by atoms with Gasteiger partial charge in [0.25, 0.3) is 0 Å². The highest BCUT2D eigenvalue weighted by Crippen LogP contribution is 2.07. The van der Waals surface area contributed by atoms with Crippen LogP contribution in [0.3, 0.4) is 0 Å². The van der Waals surface area contributed by atoms with E-state index in [9.17, 15) is 4.79 Å². The van der Waals surface area contributed by atoms with Crippen molar-refractivity contribution in [1.82, 2.24) is 5.32 Å². The molecule has 1 atom stereocenters. The first-order chi connectivity index (χ1) is 6.20. The minimum absolute atomic E-state index is 0.0496. The Morgan fingerprint density at radius 3 is 2.62 bits per heavy atom. The lowest BCUT2D eigenvalue weighted by Gasteiger charge is -2.11. The largest absolute Gasteiger partial charge is 0.354 e. The summed E-state index contributed by atoms with van der Waals surface area (Å²) in [6.07, 6.45) is 0. The number of carbonyl (C=O) groups is 1. The summed E-state index contributed by atoms with van der Waals surface area (Å²) in [6, 6.07) is 9.59. The number of hydrogen-bond acceptors (Lipinski definition) is 2. The smallest absolute Gasteiger partial charge is 0.216 e. The number of hydrogen-bond donors (Lipinski definition) is 2. The number of carbonyl (C=O) groups excluding carboxylic acids is 1. The standard InChI is InChI=1S/C10H14N2O/c1-8(13)12-7-10(11)9-5-3-2-4-6-9/h2-6,10H,7,11H2,1H3,(H,12,13). The molecule has 1 unspecified atom stereocenters. The molecule has 0 heterocycles. The van der Waals surface area contributed by atoms with Crippen LogP contribution in [0.25, 0.3) is 0 Å². The van der Waals surface area contributed by atoms with Crippen LogP contribution >= 0.6 is 0 Å². The highest BCUT2D eigenvalue weighted by atomic mass is 16.1. The van der Waals surface area contributed by atoms with Gasteiger partial charge in [-0.05, 0) is 5.56 Å². The van der Waals surface area contributed by atoms with Crippen LogP contribution in [0.5, 0.6) is 0 Å². The Morgan fingerprint density at radius 2 is 2.08 bits per heavy atom. The molecule has 0 aliphatic carbocycles. The predicted octanol–water partition coefficient (Wildman–Crippen LogP) is 0.822. The van der Waals surface area contributed by atoms with Gasteiger partial charge in [-0.2, -0.15) is 0 Å². The fraction of sp³-hybridized carbons (Fsp3) is 0.300. The van der Waals surface area contributed by atoms with E-state index < -0.39 is 0 Å². The average molecular weight is 178 g/mol. The Balaban J connectivity index is 2.49. The second-order valence-corrected chi connectivity index (χ2v) is 2.95. The zero-order valence-electron chi connectivity index (χ0n) is 7.66. The lowest BCUT2D eigenvalue weighted by Crippen LogP contribution is -2.30. The molecule has 0 aliphatic rings. The van der Waals surface area contributed by atoms with Crippen molar-refractivity contribution in [2.75, 3.05) is 6.54 Å². The van der Waals surface area contributed by atoms with Gasteiger partial charge in [0.05, 0.1) is 0 Å². The maximum atomic E-state index is 10.6. The molecule has 3 N–H and O–H groups in total. The van der Waals surface area contributed by atoms with Gasteiger partial charge in [-0.15, -0.1) is 0 Å². The first-order valence-corrected chi connectivity index (χ1v) is 4.25. The van der Waals surface area contributed by atoms with Gasteiger partial charge < -0.3 is 11.1 Å². The molecule has 3 heteroatoms. The molecule has 0 saturated carbocycles. The van der Waals surface area contributed by atoms with E-state index in [0.717, 1.165) is 5.56 Å². The molecule has 3 nitrogen and oxygen atoms in total. The fourth-order valence-corrected chi connectivity index (χ4v) is 1.07. The molecular formula is C10H14N2O. The fourth-order valence-electron chi connectivity index (χ4n) is 1.07. The molecule has 70 valence electrons. The molecule has 1 aromatic rings. The topological polar surface area (TPSA) is 55.1 Å². The molecule has 13 heavy (non-hydrogen) atoms. The van der Waals surface area contributed by atoms with Gasteiger partial charge in [0.1, 0.15) is 0 Å². The molecular weight excluding hydrogens is 164 g/mol. The SMILES string of the molecule is CC(=O)NCC(N)c1ccccc1. The van der Waals surface area contributed by atoms with Crippen molar-refractivity contribution >= 4 is 5.91 Å². The summed E-state index contributed by atoms with van der Waals surface area (Å²) in [5, 5.41) is 2.68. The van der Waals surface area contributed by atoms with Crippen molar-refractivity contribution in [3.8, 4) is 0 Å². The highest BCUT2D eigenvalue weighted by molar-refractivity contribution is 5.72. The second kappa shape index (κ2) is 4.62.